The number of allylic oxidation sites excluding steroid dienone is 2. The first kappa shape index (κ1) is 22.1. The normalized spacial score (nSPS) is 18.8. The Morgan fingerprint density at radius 2 is 1.47 bits per heavy atom. The summed E-state index contributed by atoms with van der Waals surface area (Å²) in [6, 6.07) is 21.0. The molecule has 0 saturated carbocycles. The molecule has 0 heterocycles. The molecule has 158 valence electrons. The van der Waals surface area contributed by atoms with Crippen molar-refractivity contribution in [1.82, 2.24) is 0 Å². The molecule has 3 nitrogen and oxygen atoms in total. The zero-order valence-electron chi connectivity index (χ0n) is 18.5. The minimum absolute atomic E-state index is 0.157. The van der Waals surface area contributed by atoms with E-state index in [2.05, 4.69) is 75.4 Å². The van der Waals surface area contributed by atoms with Crippen molar-refractivity contribution in [1.29, 1.82) is 0 Å². The van der Waals surface area contributed by atoms with E-state index in [4.69, 9.17) is 9.16 Å². The second-order valence-electron chi connectivity index (χ2n) is 8.74. The van der Waals surface area contributed by atoms with E-state index in [-0.39, 0.29) is 11.0 Å². The summed E-state index contributed by atoms with van der Waals surface area (Å²) in [6.07, 6.45) is 7.71. The van der Waals surface area contributed by atoms with Crippen molar-refractivity contribution in [2.75, 3.05) is 7.11 Å². The maximum absolute atomic E-state index is 12.7. The molecule has 1 aliphatic rings. The molecule has 0 unspecified atom stereocenters. The third kappa shape index (κ3) is 4.44. The molecule has 2 aromatic carbocycles. The summed E-state index contributed by atoms with van der Waals surface area (Å²) in [5, 5.41) is 2.24. The molecule has 0 aromatic heterocycles. The summed E-state index contributed by atoms with van der Waals surface area (Å²) >= 11 is 0. The van der Waals surface area contributed by atoms with Crippen molar-refractivity contribution >= 4 is 24.7 Å². The Morgan fingerprint density at radius 3 is 1.97 bits per heavy atom. The van der Waals surface area contributed by atoms with Crippen LogP contribution in [0, 0.1) is 0 Å². The van der Waals surface area contributed by atoms with Crippen LogP contribution in [0.5, 0.6) is 0 Å². The molecule has 30 heavy (non-hydrogen) atoms. The van der Waals surface area contributed by atoms with E-state index >= 15 is 0 Å². The van der Waals surface area contributed by atoms with Gasteiger partial charge in [0.1, 0.15) is 0 Å². The van der Waals surface area contributed by atoms with Crippen molar-refractivity contribution in [3.63, 3.8) is 0 Å². The Morgan fingerprint density at radius 1 is 0.900 bits per heavy atom. The zero-order chi connectivity index (χ0) is 21.6. The number of hydrogen-bond acceptors (Lipinski definition) is 3. The lowest BCUT2D eigenvalue weighted by molar-refractivity contribution is -0.135. The van der Waals surface area contributed by atoms with Crippen LogP contribution < -0.4 is 10.4 Å². The minimum atomic E-state index is -2.78. The number of carbonyl (C=O) groups excluding carboxylic acids is 1. The van der Waals surface area contributed by atoms with Gasteiger partial charge >= 0.3 is 14.3 Å². The molecule has 1 aliphatic carbocycles. The lowest BCUT2D eigenvalue weighted by atomic mass is 10.0. The van der Waals surface area contributed by atoms with Crippen molar-refractivity contribution < 1.29 is 14.0 Å². The SMILES string of the molecule is COC(=O)C1=C(\O[Si](c2ccccc2)(c2ccccc2)C(C)(C)C)CCCC\C=C\1. The lowest BCUT2D eigenvalue weighted by Crippen LogP contribution is -2.66. The van der Waals surface area contributed by atoms with Gasteiger partial charge in [-0.15, -0.1) is 0 Å². The molecule has 0 radical (unpaired) electrons. The smallest absolute Gasteiger partial charge is 0.341 e. The van der Waals surface area contributed by atoms with Crippen LogP contribution in [-0.2, 0) is 14.0 Å². The molecular formula is C26H32O3Si. The average molecular weight is 421 g/mol. The number of ether oxygens (including phenoxy) is 1. The van der Waals surface area contributed by atoms with Crippen LogP contribution in [-0.4, -0.2) is 21.4 Å². The highest BCUT2D eigenvalue weighted by Gasteiger charge is 2.52. The summed E-state index contributed by atoms with van der Waals surface area (Å²) in [7, 11) is -1.34. The van der Waals surface area contributed by atoms with Crippen LogP contribution in [0.1, 0.15) is 46.5 Å². The fourth-order valence-corrected chi connectivity index (χ4v) is 8.72. The molecule has 0 saturated heterocycles. The first-order chi connectivity index (χ1) is 14.4. The molecule has 0 fully saturated rings. The Hall–Kier alpha value is -2.59. The van der Waals surface area contributed by atoms with Crippen molar-refractivity contribution in [3.8, 4) is 0 Å². The average Bonchev–Trinajstić information content (AvgIpc) is 2.73. The van der Waals surface area contributed by atoms with Crippen molar-refractivity contribution in [2.45, 2.75) is 51.5 Å². The van der Waals surface area contributed by atoms with E-state index < -0.39 is 8.32 Å². The number of methoxy groups -OCH3 is 1. The fourth-order valence-electron chi connectivity index (χ4n) is 4.21. The van der Waals surface area contributed by atoms with E-state index in [1.165, 1.54) is 17.5 Å². The molecule has 3 rings (SSSR count). The molecule has 0 atom stereocenters. The van der Waals surface area contributed by atoms with Crippen LogP contribution in [0.2, 0.25) is 5.04 Å². The number of benzene rings is 2. The molecular weight excluding hydrogens is 388 g/mol. The maximum atomic E-state index is 12.7. The highest BCUT2D eigenvalue weighted by Crippen LogP contribution is 2.39. The van der Waals surface area contributed by atoms with Crippen LogP contribution in [0.3, 0.4) is 0 Å². The Balaban J connectivity index is 2.28. The number of carbonyl (C=O) groups is 1. The molecule has 0 N–H and O–H groups in total. The van der Waals surface area contributed by atoms with E-state index in [1.807, 2.05) is 18.2 Å². The van der Waals surface area contributed by atoms with E-state index in [0.717, 1.165) is 31.4 Å². The van der Waals surface area contributed by atoms with Crippen LogP contribution in [0.25, 0.3) is 0 Å². The monoisotopic (exact) mass is 420 g/mol. The highest BCUT2D eigenvalue weighted by molar-refractivity contribution is 6.99. The first-order valence-corrected chi connectivity index (χ1v) is 12.6. The van der Waals surface area contributed by atoms with Crippen molar-refractivity contribution in [3.05, 3.63) is 84.1 Å². The molecule has 0 spiro atoms. The van der Waals surface area contributed by atoms with Crippen molar-refractivity contribution in [2.24, 2.45) is 0 Å². The van der Waals surface area contributed by atoms with Gasteiger partial charge in [0, 0.05) is 6.42 Å². The molecule has 4 heteroatoms. The fraction of sp³-hybridized carbons (Fsp3) is 0.346. The molecule has 2 aromatic rings. The minimum Gasteiger partial charge on any atom is -0.536 e. The highest BCUT2D eigenvalue weighted by atomic mass is 28.4. The Bertz CT molecular complexity index is 869. The molecule has 0 amide bonds. The Kier molecular flexibility index (Phi) is 6.98. The van der Waals surface area contributed by atoms with Crippen LogP contribution >= 0.6 is 0 Å². The lowest BCUT2D eigenvalue weighted by Gasteiger charge is -2.44. The predicted octanol–water partition coefficient (Wildman–Crippen LogP) is 5.12. The van der Waals surface area contributed by atoms with Crippen LogP contribution in [0.15, 0.2) is 84.1 Å². The standard InChI is InChI=1S/C26H32O3Si/c1-26(2,3)30(21-15-9-7-10-16-21,22-17-11-8-12-18-22)29-24-20-14-6-5-13-19-23(24)25(27)28-4/h7-13,15-19H,5-6,14,20H2,1-4H3/b19-13+,24-23-. The van der Waals surface area contributed by atoms with Crippen LogP contribution in [0.4, 0.5) is 0 Å². The molecule has 0 aliphatic heterocycles. The number of rotatable bonds is 5. The van der Waals surface area contributed by atoms with Gasteiger partial charge in [0.15, 0.2) is 0 Å². The topological polar surface area (TPSA) is 35.5 Å². The van der Waals surface area contributed by atoms with E-state index in [1.54, 1.807) is 0 Å². The number of hydrogen-bond donors (Lipinski definition) is 0. The third-order valence-electron chi connectivity index (χ3n) is 5.71. The van der Waals surface area contributed by atoms with Gasteiger partial charge in [0.05, 0.1) is 18.4 Å². The van der Waals surface area contributed by atoms with Gasteiger partial charge in [-0.05, 0) is 40.8 Å². The summed E-state index contributed by atoms with van der Waals surface area (Å²) < 4.78 is 12.3. The largest absolute Gasteiger partial charge is 0.536 e. The third-order valence-corrected chi connectivity index (χ3v) is 10.7. The Labute approximate surface area is 181 Å². The summed E-state index contributed by atoms with van der Waals surface area (Å²) in [5.74, 6) is 0.424. The van der Waals surface area contributed by atoms with Gasteiger partial charge in [-0.1, -0.05) is 87.5 Å². The van der Waals surface area contributed by atoms with Gasteiger partial charge < -0.3 is 9.16 Å². The molecule has 0 bridgehead atoms. The quantitative estimate of drug-likeness (QED) is 0.497. The summed E-state index contributed by atoms with van der Waals surface area (Å²) in [4.78, 5) is 12.7. The summed E-state index contributed by atoms with van der Waals surface area (Å²) in [5.41, 5.74) is 0.546. The maximum Gasteiger partial charge on any atom is 0.341 e. The second kappa shape index (κ2) is 9.48. The van der Waals surface area contributed by atoms with Gasteiger partial charge in [0.2, 0.25) is 0 Å². The van der Waals surface area contributed by atoms with Gasteiger partial charge in [0.25, 0.3) is 0 Å². The van der Waals surface area contributed by atoms with Gasteiger partial charge in [-0.3, -0.25) is 0 Å². The number of esters is 1. The van der Waals surface area contributed by atoms with E-state index in [0.29, 0.717) is 5.57 Å². The van der Waals surface area contributed by atoms with Gasteiger partial charge in [-0.25, -0.2) is 4.79 Å². The van der Waals surface area contributed by atoms with E-state index in [9.17, 15) is 4.79 Å². The zero-order valence-corrected chi connectivity index (χ0v) is 19.5. The summed E-state index contributed by atoms with van der Waals surface area (Å²) in [6.45, 7) is 6.74. The predicted molar refractivity (Wildman–Crippen MR) is 125 cm³/mol. The first-order valence-electron chi connectivity index (χ1n) is 10.7. The van der Waals surface area contributed by atoms with Gasteiger partial charge in [-0.2, -0.15) is 0 Å². The second-order valence-corrected chi connectivity index (χ2v) is 13.0.